The van der Waals surface area contributed by atoms with E-state index in [2.05, 4.69) is 16.9 Å². The number of amides is 2. The van der Waals surface area contributed by atoms with Gasteiger partial charge in [-0.3, -0.25) is 9.69 Å². The lowest BCUT2D eigenvalue weighted by molar-refractivity contribution is -0.118. The monoisotopic (exact) mass is 466 g/mol. The molecule has 0 aliphatic carbocycles. The van der Waals surface area contributed by atoms with Crippen LogP contribution in [0.2, 0.25) is 0 Å². The van der Waals surface area contributed by atoms with E-state index < -0.39 is 6.09 Å². The number of halogens is 1. The van der Waals surface area contributed by atoms with Gasteiger partial charge in [0.05, 0.1) is 17.9 Å². The molecule has 2 aromatic rings. The Balaban J connectivity index is 1.18. The summed E-state index contributed by atoms with van der Waals surface area (Å²) in [5.41, 5.74) is 3.91. The molecular formula is C25H27FN4O4. The van der Waals surface area contributed by atoms with Gasteiger partial charge in [0.1, 0.15) is 30.1 Å². The first kappa shape index (κ1) is 22.3. The van der Waals surface area contributed by atoms with E-state index in [1.54, 1.807) is 24.1 Å². The Labute approximate surface area is 197 Å². The van der Waals surface area contributed by atoms with Crippen LogP contribution in [0.1, 0.15) is 23.2 Å². The number of aryl methyl sites for hydroxylation is 1. The molecule has 0 radical (unpaired) electrons. The molecule has 2 amide bonds. The van der Waals surface area contributed by atoms with E-state index in [-0.39, 0.29) is 17.8 Å². The summed E-state index contributed by atoms with van der Waals surface area (Å²) in [5, 5.41) is 3.26. The van der Waals surface area contributed by atoms with Gasteiger partial charge in [0, 0.05) is 32.0 Å². The number of hydrogen-bond donors (Lipinski definition) is 1. The van der Waals surface area contributed by atoms with Gasteiger partial charge in [-0.2, -0.15) is 0 Å². The summed E-state index contributed by atoms with van der Waals surface area (Å²) in [7, 11) is 1.69. The zero-order chi connectivity index (χ0) is 23.8. The molecule has 1 fully saturated rings. The quantitative estimate of drug-likeness (QED) is 0.521. The number of anilines is 2. The molecule has 1 aromatic carbocycles. The molecule has 1 N–H and O–H groups in total. The van der Waals surface area contributed by atoms with Crippen molar-refractivity contribution in [3.8, 4) is 5.75 Å². The Kier molecular flexibility index (Phi) is 5.95. The number of fused-ring (bicyclic) bond motifs is 2. The highest BCUT2D eigenvalue weighted by atomic mass is 19.1. The van der Waals surface area contributed by atoms with Crippen molar-refractivity contribution in [2.24, 2.45) is 0 Å². The van der Waals surface area contributed by atoms with E-state index >= 15 is 0 Å². The highest BCUT2D eigenvalue weighted by Gasteiger charge is 2.33. The van der Waals surface area contributed by atoms with Crippen molar-refractivity contribution in [2.75, 3.05) is 43.1 Å². The number of nitrogens with one attached hydrogen (secondary N) is 1. The molecule has 3 aliphatic heterocycles. The lowest BCUT2D eigenvalue weighted by Crippen LogP contribution is -2.34. The number of aromatic nitrogens is 1. The van der Waals surface area contributed by atoms with Crippen LogP contribution in [0.4, 0.5) is 20.7 Å². The summed E-state index contributed by atoms with van der Waals surface area (Å²) in [6.45, 7) is 5.71. The molecule has 8 nitrogen and oxygen atoms in total. The maximum atomic E-state index is 14.6. The second kappa shape index (κ2) is 9.06. The van der Waals surface area contributed by atoms with Crippen molar-refractivity contribution < 1.29 is 23.5 Å². The lowest BCUT2D eigenvalue weighted by Gasteiger charge is -2.28. The first-order chi connectivity index (χ1) is 16.4. The van der Waals surface area contributed by atoms with Crippen LogP contribution >= 0.6 is 0 Å². The van der Waals surface area contributed by atoms with Gasteiger partial charge in [-0.1, -0.05) is 12.6 Å². The van der Waals surface area contributed by atoms with E-state index in [9.17, 15) is 14.0 Å². The molecule has 4 heterocycles. The maximum absolute atomic E-state index is 14.6. The predicted octanol–water partition coefficient (Wildman–Crippen LogP) is 2.78. The number of rotatable bonds is 6. The third kappa shape index (κ3) is 4.23. The van der Waals surface area contributed by atoms with Crippen LogP contribution in [0.25, 0.3) is 0 Å². The van der Waals surface area contributed by atoms with Crippen molar-refractivity contribution in [1.29, 1.82) is 0 Å². The number of hydrogen-bond acceptors (Lipinski definition) is 6. The Morgan fingerprint density at radius 1 is 1.24 bits per heavy atom. The minimum atomic E-state index is -0.446. The minimum absolute atomic E-state index is 0.00284. The predicted molar refractivity (Wildman–Crippen MR) is 125 cm³/mol. The van der Waals surface area contributed by atoms with E-state index in [1.807, 2.05) is 6.07 Å². The average molecular weight is 467 g/mol. The summed E-state index contributed by atoms with van der Waals surface area (Å²) in [4.78, 5) is 32.2. The van der Waals surface area contributed by atoms with Crippen molar-refractivity contribution in [3.05, 3.63) is 59.1 Å². The largest absolute Gasteiger partial charge is 0.487 e. The van der Waals surface area contributed by atoms with E-state index in [0.29, 0.717) is 74.7 Å². The Morgan fingerprint density at radius 2 is 2.09 bits per heavy atom. The smallest absolute Gasteiger partial charge is 0.415 e. The van der Waals surface area contributed by atoms with Crippen LogP contribution in [-0.4, -0.2) is 56.4 Å². The molecule has 1 saturated heterocycles. The van der Waals surface area contributed by atoms with Gasteiger partial charge in [0.2, 0.25) is 5.91 Å². The highest BCUT2D eigenvalue weighted by Crippen LogP contribution is 2.33. The Hall–Kier alpha value is -3.46. The summed E-state index contributed by atoms with van der Waals surface area (Å²) < 4.78 is 25.7. The molecule has 9 heteroatoms. The fraction of sp³-hybridized carbons (Fsp3) is 0.400. The molecule has 5 rings (SSSR count). The van der Waals surface area contributed by atoms with Crippen LogP contribution < -0.4 is 19.9 Å². The van der Waals surface area contributed by atoms with Gasteiger partial charge in [0.25, 0.3) is 0 Å². The van der Waals surface area contributed by atoms with Gasteiger partial charge in [-0.15, -0.1) is 0 Å². The second-order valence-electron chi connectivity index (χ2n) is 8.89. The Bertz CT molecular complexity index is 1170. The molecule has 0 spiro atoms. The van der Waals surface area contributed by atoms with E-state index in [1.165, 1.54) is 11.0 Å². The number of cyclic esters (lactones) is 1. The molecule has 1 aromatic heterocycles. The first-order valence-electron chi connectivity index (χ1n) is 11.5. The minimum Gasteiger partial charge on any atom is -0.487 e. The summed E-state index contributed by atoms with van der Waals surface area (Å²) >= 11 is 0. The lowest BCUT2D eigenvalue weighted by atomic mass is 9.95. The molecule has 0 bridgehead atoms. The molecule has 0 saturated carbocycles. The zero-order valence-electron chi connectivity index (χ0n) is 19.1. The number of benzene rings is 1. The second-order valence-corrected chi connectivity index (χ2v) is 8.89. The van der Waals surface area contributed by atoms with Gasteiger partial charge >= 0.3 is 6.09 Å². The van der Waals surface area contributed by atoms with Crippen LogP contribution in [0.5, 0.6) is 5.75 Å². The number of nitrogens with zero attached hydrogens (tertiary/aromatic N) is 3. The molecule has 0 unspecified atom stereocenters. The van der Waals surface area contributed by atoms with Crippen LogP contribution in [0, 0.1) is 5.82 Å². The fourth-order valence-electron chi connectivity index (χ4n) is 4.70. The molecule has 178 valence electrons. The molecule has 3 aliphatic rings. The number of pyridine rings is 1. The van der Waals surface area contributed by atoms with Crippen LogP contribution in [0.15, 0.2) is 36.4 Å². The molecule has 1 atom stereocenters. The van der Waals surface area contributed by atoms with Gasteiger partial charge in [-0.25, -0.2) is 14.2 Å². The standard InChI is InChI=1S/C25H27FN4O4/c1-15-11-20-21(33-14-15)6-7-22(28-20)30-13-17(34-25(30)32)12-27-10-9-18-19(26)5-3-16-4-8-23(31)29(2)24(16)18/h3,5-7,17,27H,1,4,8-14H2,2H3/t17-/m0/s1. The van der Waals surface area contributed by atoms with Crippen molar-refractivity contribution >= 4 is 23.5 Å². The summed E-state index contributed by atoms with van der Waals surface area (Å²) in [6.07, 6.45) is 1.32. The summed E-state index contributed by atoms with van der Waals surface area (Å²) in [5.74, 6) is 0.919. The fourth-order valence-corrected chi connectivity index (χ4v) is 4.70. The number of carbonyl (C=O) groups excluding carboxylic acids is 2. The van der Waals surface area contributed by atoms with Crippen molar-refractivity contribution in [2.45, 2.75) is 31.8 Å². The zero-order valence-corrected chi connectivity index (χ0v) is 19.1. The summed E-state index contributed by atoms with van der Waals surface area (Å²) in [6, 6.07) is 6.80. The van der Waals surface area contributed by atoms with E-state index in [4.69, 9.17) is 9.47 Å². The molecule has 34 heavy (non-hydrogen) atoms. The van der Waals surface area contributed by atoms with E-state index in [0.717, 1.165) is 16.8 Å². The van der Waals surface area contributed by atoms with Crippen LogP contribution in [0.3, 0.4) is 0 Å². The Morgan fingerprint density at radius 3 is 2.94 bits per heavy atom. The normalized spacial score (nSPS) is 19.6. The van der Waals surface area contributed by atoms with Gasteiger partial charge in [-0.05, 0) is 48.7 Å². The molecular weight excluding hydrogens is 439 g/mol. The first-order valence-corrected chi connectivity index (χ1v) is 11.5. The van der Waals surface area contributed by atoms with Gasteiger partial charge < -0.3 is 19.7 Å². The third-order valence-corrected chi connectivity index (χ3v) is 6.47. The van der Waals surface area contributed by atoms with Crippen molar-refractivity contribution in [1.82, 2.24) is 10.3 Å². The van der Waals surface area contributed by atoms with Gasteiger partial charge in [0.15, 0.2) is 0 Å². The third-order valence-electron chi connectivity index (χ3n) is 6.47. The topological polar surface area (TPSA) is 84.0 Å². The van der Waals surface area contributed by atoms with Crippen LogP contribution in [-0.2, 0) is 28.8 Å². The number of carbonyl (C=O) groups is 2. The van der Waals surface area contributed by atoms with Crippen molar-refractivity contribution in [3.63, 3.8) is 0 Å². The SMILES string of the molecule is C=C1COc2ccc(N3C[C@H](CNCCc4c(F)ccc5c4N(C)C(=O)CC5)OC3=O)nc2C1. The average Bonchev–Trinajstić information content (AvgIpc) is 3.20. The highest BCUT2D eigenvalue weighted by molar-refractivity contribution is 5.96. The maximum Gasteiger partial charge on any atom is 0.415 e. The number of ether oxygens (including phenoxy) is 2.